The number of aromatic nitrogens is 2. The third-order valence-corrected chi connectivity index (χ3v) is 6.18. The zero-order valence-corrected chi connectivity index (χ0v) is 18.0. The molecule has 0 unspecified atom stereocenters. The number of hydrogen-bond acceptors (Lipinski definition) is 6. The van der Waals surface area contributed by atoms with Crippen LogP contribution in [0.1, 0.15) is 11.1 Å². The average molecular weight is 443 g/mol. The molecule has 30 heavy (non-hydrogen) atoms. The van der Waals surface area contributed by atoms with Crippen LogP contribution in [0.5, 0.6) is 0 Å². The maximum atomic E-state index is 12.0. The van der Waals surface area contributed by atoms with Crippen molar-refractivity contribution in [2.45, 2.75) is 23.3 Å². The maximum Gasteiger partial charge on any atom is 0.238 e. The summed E-state index contributed by atoms with van der Waals surface area (Å²) in [6.07, 6.45) is 0.590. The number of hydrogen-bond donors (Lipinski definition) is 2. The summed E-state index contributed by atoms with van der Waals surface area (Å²) in [6.45, 7) is 2.48. The molecule has 3 rings (SSSR count). The van der Waals surface area contributed by atoms with E-state index in [2.05, 4.69) is 15.5 Å². The number of amides is 1. The monoisotopic (exact) mass is 442 g/mol. The highest BCUT2D eigenvalue weighted by Crippen LogP contribution is 2.20. The minimum Gasteiger partial charge on any atom is -0.355 e. The van der Waals surface area contributed by atoms with E-state index in [1.165, 1.54) is 29.5 Å². The van der Waals surface area contributed by atoms with Gasteiger partial charge < -0.3 is 5.32 Å². The topological polar surface area (TPSA) is 115 Å². The first kappa shape index (κ1) is 21.9. The number of nitrogens with zero attached hydrogens (tertiary/aromatic N) is 2. The van der Waals surface area contributed by atoms with E-state index in [1.807, 2.05) is 43.3 Å². The Labute approximate surface area is 180 Å². The number of nitrogens with one attached hydrogen (secondary N) is 1. The first-order valence-electron chi connectivity index (χ1n) is 9.23. The van der Waals surface area contributed by atoms with E-state index in [-0.39, 0.29) is 16.6 Å². The molecule has 9 heteroatoms. The minimum absolute atomic E-state index is 0.0705. The SMILES string of the molecule is Cc1ccc(-c2ccc(SCC(=O)NCCc3ccc(S(N)(=O)=O)cc3)nn2)cc1. The molecule has 0 saturated carbocycles. The van der Waals surface area contributed by atoms with Gasteiger partial charge in [-0.3, -0.25) is 4.79 Å². The molecule has 0 saturated heterocycles. The summed E-state index contributed by atoms with van der Waals surface area (Å²) in [5.41, 5.74) is 3.88. The summed E-state index contributed by atoms with van der Waals surface area (Å²) in [6, 6.07) is 18.1. The van der Waals surface area contributed by atoms with E-state index in [1.54, 1.807) is 12.1 Å². The second kappa shape index (κ2) is 9.84. The summed E-state index contributed by atoms with van der Waals surface area (Å²) in [7, 11) is -3.69. The van der Waals surface area contributed by atoms with Crippen LogP contribution in [0.15, 0.2) is 70.6 Å². The van der Waals surface area contributed by atoms with Gasteiger partial charge in [-0.15, -0.1) is 10.2 Å². The van der Waals surface area contributed by atoms with Crippen molar-refractivity contribution in [1.82, 2.24) is 15.5 Å². The zero-order valence-electron chi connectivity index (χ0n) is 16.4. The fourth-order valence-electron chi connectivity index (χ4n) is 2.66. The van der Waals surface area contributed by atoms with Gasteiger partial charge in [-0.2, -0.15) is 0 Å². The molecule has 1 heterocycles. The van der Waals surface area contributed by atoms with Gasteiger partial charge in [0.15, 0.2) is 0 Å². The predicted octanol–water partition coefficient (Wildman–Crippen LogP) is 2.55. The third kappa shape index (κ3) is 6.38. The highest BCUT2D eigenvalue weighted by Gasteiger charge is 2.08. The molecule has 3 aromatic rings. The van der Waals surface area contributed by atoms with Crippen molar-refractivity contribution in [1.29, 1.82) is 0 Å². The van der Waals surface area contributed by atoms with Crippen LogP contribution in [0.4, 0.5) is 0 Å². The standard InChI is InChI=1S/C21H22N4O3S2/c1-15-2-6-17(7-3-15)19-10-11-21(25-24-19)29-14-20(26)23-13-12-16-4-8-18(9-5-16)30(22,27)28/h2-11H,12-14H2,1H3,(H,23,26)(H2,22,27,28). The van der Waals surface area contributed by atoms with Crippen molar-refractivity contribution >= 4 is 27.7 Å². The van der Waals surface area contributed by atoms with Crippen molar-refractivity contribution in [3.8, 4) is 11.3 Å². The van der Waals surface area contributed by atoms with Gasteiger partial charge in [0.2, 0.25) is 15.9 Å². The maximum absolute atomic E-state index is 12.0. The number of rotatable bonds is 8. The molecule has 1 aromatic heterocycles. The lowest BCUT2D eigenvalue weighted by Crippen LogP contribution is -2.27. The molecular weight excluding hydrogens is 420 g/mol. The molecule has 2 aromatic carbocycles. The van der Waals surface area contributed by atoms with Crippen LogP contribution >= 0.6 is 11.8 Å². The summed E-state index contributed by atoms with van der Waals surface area (Å²) in [5, 5.41) is 17.0. The zero-order chi connectivity index (χ0) is 21.6. The molecule has 7 nitrogen and oxygen atoms in total. The van der Waals surface area contributed by atoms with Gasteiger partial charge >= 0.3 is 0 Å². The highest BCUT2D eigenvalue weighted by molar-refractivity contribution is 7.99. The number of primary sulfonamides is 1. The van der Waals surface area contributed by atoms with Gasteiger partial charge in [0.25, 0.3) is 0 Å². The van der Waals surface area contributed by atoms with Gasteiger partial charge in [-0.05, 0) is 43.2 Å². The van der Waals surface area contributed by atoms with E-state index in [9.17, 15) is 13.2 Å². The number of aryl methyl sites for hydroxylation is 1. The van der Waals surface area contributed by atoms with Crippen molar-refractivity contribution in [3.63, 3.8) is 0 Å². The van der Waals surface area contributed by atoms with E-state index < -0.39 is 10.0 Å². The minimum atomic E-state index is -3.69. The largest absolute Gasteiger partial charge is 0.355 e. The molecule has 0 aliphatic rings. The second-order valence-electron chi connectivity index (χ2n) is 6.70. The second-order valence-corrected chi connectivity index (χ2v) is 9.26. The molecule has 3 N–H and O–H groups in total. The molecule has 0 bridgehead atoms. The van der Waals surface area contributed by atoms with Crippen LogP contribution in [-0.2, 0) is 21.2 Å². The van der Waals surface area contributed by atoms with Crippen LogP contribution in [0.25, 0.3) is 11.3 Å². The fourth-order valence-corrected chi connectivity index (χ4v) is 3.82. The van der Waals surface area contributed by atoms with E-state index in [0.717, 1.165) is 16.8 Å². The van der Waals surface area contributed by atoms with Gasteiger partial charge in [-0.25, -0.2) is 13.6 Å². The summed E-state index contributed by atoms with van der Waals surface area (Å²) in [5.74, 6) is 0.133. The number of nitrogens with two attached hydrogens (primary N) is 1. The number of carbonyl (C=O) groups excluding carboxylic acids is 1. The molecule has 0 aliphatic heterocycles. The molecule has 156 valence electrons. The summed E-state index contributed by atoms with van der Waals surface area (Å²) < 4.78 is 22.5. The lowest BCUT2D eigenvalue weighted by atomic mass is 10.1. The normalized spacial score (nSPS) is 11.3. The number of thioether (sulfide) groups is 1. The number of benzene rings is 2. The van der Waals surface area contributed by atoms with E-state index in [0.29, 0.717) is 18.0 Å². The van der Waals surface area contributed by atoms with Gasteiger partial charge in [0.05, 0.1) is 16.3 Å². The van der Waals surface area contributed by atoms with Crippen molar-refractivity contribution in [2.75, 3.05) is 12.3 Å². The molecule has 0 atom stereocenters. The Bertz CT molecular complexity index is 1100. The fraction of sp³-hybridized carbons (Fsp3) is 0.190. The molecule has 0 spiro atoms. The smallest absolute Gasteiger partial charge is 0.238 e. The van der Waals surface area contributed by atoms with Crippen molar-refractivity contribution in [3.05, 3.63) is 71.8 Å². The Morgan fingerprint density at radius 1 is 1.00 bits per heavy atom. The summed E-state index contributed by atoms with van der Waals surface area (Å²) in [4.78, 5) is 12.1. The van der Waals surface area contributed by atoms with Crippen LogP contribution < -0.4 is 10.5 Å². The lowest BCUT2D eigenvalue weighted by molar-refractivity contribution is -0.118. The van der Waals surface area contributed by atoms with Gasteiger partial charge in [0.1, 0.15) is 5.03 Å². The highest BCUT2D eigenvalue weighted by atomic mass is 32.2. The lowest BCUT2D eigenvalue weighted by Gasteiger charge is -2.06. The first-order valence-corrected chi connectivity index (χ1v) is 11.8. The Balaban J connectivity index is 1.43. The van der Waals surface area contributed by atoms with E-state index >= 15 is 0 Å². The summed E-state index contributed by atoms with van der Waals surface area (Å²) >= 11 is 1.32. The first-order chi connectivity index (χ1) is 14.3. The number of carbonyl (C=O) groups is 1. The number of sulfonamides is 1. The van der Waals surface area contributed by atoms with Crippen molar-refractivity contribution < 1.29 is 13.2 Å². The molecular formula is C21H22N4O3S2. The molecule has 0 fully saturated rings. The Morgan fingerprint density at radius 2 is 1.70 bits per heavy atom. The average Bonchev–Trinajstić information content (AvgIpc) is 2.73. The molecule has 0 radical (unpaired) electrons. The van der Waals surface area contributed by atoms with Crippen LogP contribution in [-0.4, -0.2) is 36.8 Å². The van der Waals surface area contributed by atoms with Crippen LogP contribution in [0.2, 0.25) is 0 Å². The van der Waals surface area contributed by atoms with Crippen molar-refractivity contribution in [2.24, 2.45) is 5.14 Å². The predicted molar refractivity (Wildman–Crippen MR) is 117 cm³/mol. The van der Waals surface area contributed by atoms with Crippen LogP contribution in [0.3, 0.4) is 0 Å². The van der Waals surface area contributed by atoms with E-state index in [4.69, 9.17) is 5.14 Å². The van der Waals surface area contributed by atoms with Gasteiger partial charge in [0, 0.05) is 12.1 Å². The molecule has 1 amide bonds. The molecule has 0 aliphatic carbocycles. The Morgan fingerprint density at radius 3 is 2.30 bits per heavy atom. The Hall–Kier alpha value is -2.75. The Kier molecular flexibility index (Phi) is 7.20. The third-order valence-electron chi connectivity index (χ3n) is 4.33. The van der Waals surface area contributed by atoms with Gasteiger partial charge in [-0.1, -0.05) is 53.7 Å². The quantitative estimate of drug-likeness (QED) is 0.518. The van der Waals surface area contributed by atoms with Crippen LogP contribution in [0, 0.1) is 6.92 Å².